The SMILES string of the molecule is O=C(N/N=C/c1ccco1)C1=NNC(c2ccccc2)(c2ccccc2)C1. The van der Waals surface area contributed by atoms with Gasteiger partial charge in [-0.25, -0.2) is 5.43 Å². The molecule has 4 rings (SSSR count). The summed E-state index contributed by atoms with van der Waals surface area (Å²) in [5, 5.41) is 8.24. The van der Waals surface area contributed by atoms with Gasteiger partial charge in [0.05, 0.1) is 12.5 Å². The van der Waals surface area contributed by atoms with Crippen LogP contribution in [0, 0.1) is 0 Å². The molecule has 0 aliphatic carbocycles. The Hall–Kier alpha value is -3.67. The van der Waals surface area contributed by atoms with Gasteiger partial charge in [0.2, 0.25) is 0 Å². The molecule has 0 unspecified atom stereocenters. The van der Waals surface area contributed by atoms with Gasteiger partial charge in [-0.1, -0.05) is 60.7 Å². The third kappa shape index (κ3) is 3.37. The highest BCUT2D eigenvalue weighted by Crippen LogP contribution is 2.36. The lowest BCUT2D eigenvalue weighted by Gasteiger charge is -2.30. The van der Waals surface area contributed by atoms with Crippen molar-refractivity contribution in [3.63, 3.8) is 0 Å². The van der Waals surface area contributed by atoms with Crippen molar-refractivity contribution in [1.29, 1.82) is 0 Å². The minimum atomic E-state index is -0.583. The average molecular weight is 358 g/mol. The molecular formula is C21H18N4O2. The molecular weight excluding hydrogens is 340 g/mol. The van der Waals surface area contributed by atoms with Crippen LogP contribution in [0.3, 0.4) is 0 Å². The van der Waals surface area contributed by atoms with Gasteiger partial charge in [-0.3, -0.25) is 10.2 Å². The fourth-order valence-corrected chi connectivity index (χ4v) is 3.15. The monoisotopic (exact) mass is 358 g/mol. The third-order valence-corrected chi connectivity index (χ3v) is 4.51. The Labute approximate surface area is 156 Å². The molecule has 2 heterocycles. The molecule has 134 valence electrons. The van der Waals surface area contributed by atoms with Crippen LogP contribution in [0.4, 0.5) is 0 Å². The number of furan rings is 1. The molecule has 0 saturated heterocycles. The molecule has 3 aromatic rings. The van der Waals surface area contributed by atoms with E-state index >= 15 is 0 Å². The van der Waals surface area contributed by atoms with Crippen molar-refractivity contribution in [3.05, 3.63) is 95.9 Å². The van der Waals surface area contributed by atoms with Crippen molar-refractivity contribution < 1.29 is 9.21 Å². The molecule has 0 spiro atoms. The highest BCUT2D eigenvalue weighted by molar-refractivity contribution is 6.39. The van der Waals surface area contributed by atoms with Gasteiger partial charge in [0.25, 0.3) is 5.91 Å². The number of nitrogens with one attached hydrogen (secondary N) is 2. The quantitative estimate of drug-likeness (QED) is 0.543. The average Bonchev–Trinajstić information content (AvgIpc) is 3.40. The van der Waals surface area contributed by atoms with E-state index in [-0.39, 0.29) is 5.91 Å². The van der Waals surface area contributed by atoms with Gasteiger partial charge in [0.15, 0.2) is 0 Å². The van der Waals surface area contributed by atoms with Gasteiger partial charge in [-0.15, -0.1) is 0 Å². The number of hydrazone groups is 2. The zero-order chi connectivity index (χ0) is 18.5. The van der Waals surface area contributed by atoms with Crippen molar-refractivity contribution in [1.82, 2.24) is 10.9 Å². The minimum Gasteiger partial charge on any atom is -0.463 e. The van der Waals surface area contributed by atoms with E-state index in [2.05, 4.69) is 21.1 Å². The molecule has 27 heavy (non-hydrogen) atoms. The Morgan fingerprint density at radius 3 is 2.30 bits per heavy atom. The fourth-order valence-electron chi connectivity index (χ4n) is 3.15. The summed E-state index contributed by atoms with van der Waals surface area (Å²) in [5.41, 5.74) is 7.59. The molecule has 6 nitrogen and oxygen atoms in total. The largest absolute Gasteiger partial charge is 0.463 e. The first kappa shape index (κ1) is 16.8. The topological polar surface area (TPSA) is 79.0 Å². The van der Waals surface area contributed by atoms with Crippen molar-refractivity contribution in [2.24, 2.45) is 10.2 Å². The number of carbonyl (C=O) groups is 1. The summed E-state index contributed by atoms with van der Waals surface area (Å²) in [7, 11) is 0. The van der Waals surface area contributed by atoms with Crippen LogP contribution in [0.2, 0.25) is 0 Å². The van der Waals surface area contributed by atoms with E-state index in [0.29, 0.717) is 17.9 Å². The maximum absolute atomic E-state index is 12.5. The second-order valence-electron chi connectivity index (χ2n) is 6.20. The normalized spacial score (nSPS) is 15.3. The standard InChI is InChI=1S/C21H18N4O2/c26-20(24-22-15-18-12-7-13-27-18)19-14-21(25-23-19,16-8-3-1-4-9-16)17-10-5-2-6-11-17/h1-13,15,25H,14H2,(H,24,26)/b22-15+. The number of amides is 1. The molecule has 0 radical (unpaired) electrons. The van der Waals surface area contributed by atoms with Crippen LogP contribution in [0.15, 0.2) is 93.7 Å². The number of benzene rings is 2. The van der Waals surface area contributed by atoms with Crippen molar-refractivity contribution in [3.8, 4) is 0 Å². The van der Waals surface area contributed by atoms with Crippen LogP contribution >= 0.6 is 0 Å². The van der Waals surface area contributed by atoms with E-state index in [4.69, 9.17) is 4.42 Å². The maximum atomic E-state index is 12.5. The summed E-state index contributed by atoms with van der Waals surface area (Å²) < 4.78 is 5.15. The highest BCUT2D eigenvalue weighted by Gasteiger charge is 2.41. The number of hydrogen-bond acceptors (Lipinski definition) is 5. The van der Waals surface area contributed by atoms with Gasteiger partial charge < -0.3 is 4.42 Å². The number of hydrogen-bond donors (Lipinski definition) is 2. The van der Waals surface area contributed by atoms with Gasteiger partial charge in [0, 0.05) is 6.42 Å². The fraction of sp³-hybridized carbons (Fsp3) is 0.0952. The summed E-state index contributed by atoms with van der Waals surface area (Å²) in [5.74, 6) is 0.212. The molecule has 0 saturated carbocycles. The maximum Gasteiger partial charge on any atom is 0.287 e. The summed E-state index contributed by atoms with van der Waals surface area (Å²) in [6, 6.07) is 23.5. The van der Waals surface area contributed by atoms with Crippen LogP contribution in [0.1, 0.15) is 23.3 Å². The highest BCUT2D eigenvalue weighted by atomic mass is 16.3. The molecule has 0 fully saturated rings. The number of carbonyl (C=O) groups excluding carboxylic acids is 1. The molecule has 1 aliphatic rings. The molecule has 1 aromatic heterocycles. The lowest BCUT2D eigenvalue weighted by Crippen LogP contribution is -2.38. The summed E-state index contributed by atoms with van der Waals surface area (Å²) in [6.07, 6.45) is 3.41. The first-order chi connectivity index (χ1) is 13.3. The number of rotatable bonds is 5. The molecule has 2 N–H and O–H groups in total. The van der Waals surface area contributed by atoms with Gasteiger partial charge in [-0.2, -0.15) is 10.2 Å². The van der Waals surface area contributed by atoms with E-state index in [1.807, 2.05) is 60.7 Å². The molecule has 2 aromatic carbocycles. The van der Waals surface area contributed by atoms with Crippen molar-refractivity contribution in [2.75, 3.05) is 0 Å². The summed E-state index contributed by atoms with van der Waals surface area (Å²) in [6.45, 7) is 0. The van der Waals surface area contributed by atoms with Gasteiger partial charge >= 0.3 is 0 Å². The second kappa shape index (κ2) is 7.29. The number of nitrogens with zero attached hydrogens (tertiary/aromatic N) is 2. The van der Waals surface area contributed by atoms with Crippen LogP contribution in [-0.4, -0.2) is 17.8 Å². The van der Waals surface area contributed by atoms with Crippen LogP contribution in [0.25, 0.3) is 0 Å². The predicted molar refractivity (Wildman–Crippen MR) is 103 cm³/mol. The van der Waals surface area contributed by atoms with Gasteiger partial charge in [0.1, 0.15) is 17.0 Å². The lowest BCUT2D eigenvalue weighted by atomic mass is 9.80. The Kier molecular flexibility index (Phi) is 4.53. The van der Waals surface area contributed by atoms with E-state index in [1.54, 1.807) is 18.4 Å². The summed E-state index contributed by atoms with van der Waals surface area (Å²) >= 11 is 0. The van der Waals surface area contributed by atoms with E-state index < -0.39 is 5.54 Å². The van der Waals surface area contributed by atoms with Crippen LogP contribution < -0.4 is 10.9 Å². The summed E-state index contributed by atoms with van der Waals surface area (Å²) in [4.78, 5) is 12.5. The van der Waals surface area contributed by atoms with E-state index in [1.165, 1.54) is 6.21 Å². The zero-order valence-electron chi connectivity index (χ0n) is 14.5. The molecule has 0 bridgehead atoms. The Morgan fingerprint density at radius 2 is 1.70 bits per heavy atom. The molecule has 1 amide bonds. The first-order valence-corrected chi connectivity index (χ1v) is 8.60. The first-order valence-electron chi connectivity index (χ1n) is 8.60. The molecule has 0 atom stereocenters. The van der Waals surface area contributed by atoms with Crippen molar-refractivity contribution in [2.45, 2.75) is 12.0 Å². The van der Waals surface area contributed by atoms with Crippen molar-refractivity contribution >= 4 is 17.8 Å². The molecule has 6 heteroatoms. The van der Waals surface area contributed by atoms with Crippen LogP contribution in [-0.2, 0) is 10.3 Å². The van der Waals surface area contributed by atoms with E-state index in [0.717, 1.165) is 11.1 Å². The van der Waals surface area contributed by atoms with Crippen LogP contribution in [0.5, 0.6) is 0 Å². The molecule has 1 aliphatic heterocycles. The van der Waals surface area contributed by atoms with Gasteiger partial charge in [-0.05, 0) is 23.3 Å². The third-order valence-electron chi connectivity index (χ3n) is 4.51. The Bertz CT molecular complexity index is 924. The van der Waals surface area contributed by atoms with E-state index in [9.17, 15) is 4.79 Å². The minimum absolute atomic E-state index is 0.348. The Balaban J connectivity index is 1.55. The Morgan fingerprint density at radius 1 is 1.04 bits per heavy atom. The second-order valence-corrected chi connectivity index (χ2v) is 6.20. The predicted octanol–water partition coefficient (Wildman–Crippen LogP) is 3.02. The smallest absolute Gasteiger partial charge is 0.287 e. The zero-order valence-corrected chi connectivity index (χ0v) is 14.5. The lowest BCUT2D eigenvalue weighted by molar-refractivity contribution is -0.114.